The molecule has 0 amide bonds. The number of nitrogens with one attached hydrogen (secondary N) is 1. The Morgan fingerprint density at radius 2 is 2.13 bits per heavy atom. The maximum atomic E-state index is 13.0. The van der Waals surface area contributed by atoms with Crippen LogP contribution in [0.2, 0.25) is 0 Å². The predicted molar refractivity (Wildman–Crippen MR) is 57.6 cm³/mol. The molecule has 2 aromatic rings. The number of aryl methyl sites for hydroxylation is 2. The van der Waals surface area contributed by atoms with Crippen molar-refractivity contribution in [3.63, 3.8) is 0 Å². The maximum Gasteiger partial charge on any atom is 0.287 e. The third kappa shape index (κ3) is 1.70. The van der Waals surface area contributed by atoms with Crippen molar-refractivity contribution in [3.8, 4) is 11.4 Å². The fourth-order valence-electron chi connectivity index (χ4n) is 1.30. The molecule has 3 nitrogen and oxygen atoms in total. The first kappa shape index (κ1) is 10.0. The number of nitrogens with zero attached hydrogens (tertiary/aromatic N) is 1. The van der Waals surface area contributed by atoms with Crippen LogP contribution in [0.1, 0.15) is 11.3 Å². The Labute approximate surface area is 89.6 Å². The summed E-state index contributed by atoms with van der Waals surface area (Å²) < 4.78 is 13.0. The molecule has 0 aliphatic heterocycles. The van der Waals surface area contributed by atoms with Crippen molar-refractivity contribution < 1.29 is 4.39 Å². The Hall–Kier alpha value is -1.49. The van der Waals surface area contributed by atoms with Crippen LogP contribution in [0, 0.1) is 19.7 Å². The fraction of sp³-hybridized carbons (Fsp3) is 0.200. The van der Waals surface area contributed by atoms with E-state index in [1.165, 1.54) is 18.3 Å². The van der Waals surface area contributed by atoms with Crippen LogP contribution in [-0.4, -0.2) is 9.97 Å². The van der Waals surface area contributed by atoms with E-state index in [4.69, 9.17) is 0 Å². The van der Waals surface area contributed by atoms with Crippen LogP contribution in [0.15, 0.2) is 15.6 Å². The van der Waals surface area contributed by atoms with Gasteiger partial charge in [0.2, 0.25) is 5.82 Å². The summed E-state index contributed by atoms with van der Waals surface area (Å²) in [6.07, 6.45) is 0. The zero-order valence-electron chi connectivity index (χ0n) is 8.30. The van der Waals surface area contributed by atoms with Crippen molar-refractivity contribution in [2.24, 2.45) is 0 Å². The minimum atomic E-state index is -0.813. The Kier molecular flexibility index (Phi) is 2.40. The number of aromatic nitrogens is 2. The van der Waals surface area contributed by atoms with Gasteiger partial charge in [0.1, 0.15) is 5.82 Å². The number of rotatable bonds is 1. The predicted octanol–water partition coefficient (Wildman–Crippen LogP) is 2.25. The summed E-state index contributed by atoms with van der Waals surface area (Å²) in [4.78, 5) is 17.6. The summed E-state index contributed by atoms with van der Waals surface area (Å²) in [6, 6.07) is 0. The summed E-state index contributed by atoms with van der Waals surface area (Å²) in [5, 5.41) is 3.83. The minimum absolute atomic E-state index is 0.124. The summed E-state index contributed by atoms with van der Waals surface area (Å²) in [5.41, 5.74) is 1.27. The quantitative estimate of drug-likeness (QED) is 0.807. The van der Waals surface area contributed by atoms with Gasteiger partial charge in [0.25, 0.3) is 5.56 Å². The normalized spacial score (nSPS) is 10.6. The molecule has 0 aromatic carbocycles. The van der Waals surface area contributed by atoms with Gasteiger partial charge in [-0.15, -0.1) is 0 Å². The molecule has 0 fully saturated rings. The molecule has 1 N–H and O–H groups in total. The highest BCUT2D eigenvalue weighted by Gasteiger charge is 2.10. The summed E-state index contributed by atoms with van der Waals surface area (Å²) in [6.45, 7) is 3.40. The number of hydrogen-bond donors (Lipinski definition) is 1. The van der Waals surface area contributed by atoms with Gasteiger partial charge in [-0.3, -0.25) is 4.79 Å². The molecule has 0 aliphatic carbocycles. The molecule has 0 atom stereocenters. The van der Waals surface area contributed by atoms with Crippen LogP contribution in [-0.2, 0) is 0 Å². The average molecular weight is 224 g/mol. The first-order chi connectivity index (χ1) is 7.09. The Morgan fingerprint density at radius 1 is 1.40 bits per heavy atom. The van der Waals surface area contributed by atoms with E-state index in [0.29, 0.717) is 5.82 Å². The smallest absolute Gasteiger partial charge is 0.287 e. The lowest BCUT2D eigenvalue weighted by Crippen LogP contribution is -2.15. The minimum Gasteiger partial charge on any atom is -0.304 e. The Bertz CT molecular complexity index is 559. The summed E-state index contributed by atoms with van der Waals surface area (Å²) >= 11 is 1.52. The second-order valence-electron chi connectivity index (χ2n) is 3.28. The number of hydrogen-bond acceptors (Lipinski definition) is 3. The van der Waals surface area contributed by atoms with E-state index in [1.807, 2.05) is 17.7 Å². The van der Waals surface area contributed by atoms with Crippen molar-refractivity contribution in [3.05, 3.63) is 38.2 Å². The summed E-state index contributed by atoms with van der Waals surface area (Å²) in [7, 11) is 0. The van der Waals surface area contributed by atoms with Gasteiger partial charge in [-0.1, -0.05) is 0 Å². The zero-order valence-corrected chi connectivity index (χ0v) is 9.11. The lowest BCUT2D eigenvalue weighted by Gasteiger charge is -2.01. The molecule has 2 aromatic heterocycles. The topological polar surface area (TPSA) is 45.8 Å². The fourth-order valence-corrected chi connectivity index (χ4v) is 2.13. The molecular weight excluding hydrogens is 215 g/mol. The van der Waals surface area contributed by atoms with Gasteiger partial charge >= 0.3 is 0 Å². The van der Waals surface area contributed by atoms with E-state index in [0.717, 1.165) is 11.1 Å². The SMILES string of the molecule is Cc1cscc1-c1nc(C)c(F)c(=O)[nH]1. The molecule has 0 spiro atoms. The molecule has 0 radical (unpaired) electrons. The molecule has 78 valence electrons. The molecule has 0 saturated carbocycles. The molecule has 15 heavy (non-hydrogen) atoms. The molecule has 2 rings (SSSR count). The molecular formula is C10H9FN2OS. The van der Waals surface area contributed by atoms with E-state index < -0.39 is 11.4 Å². The number of halogens is 1. The first-order valence-corrected chi connectivity index (χ1v) is 5.33. The van der Waals surface area contributed by atoms with Crippen molar-refractivity contribution >= 4 is 11.3 Å². The second-order valence-corrected chi connectivity index (χ2v) is 4.03. The lowest BCUT2D eigenvalue weighted by molar-refractivity contribution is 0.589. The van der Waals surface area contributed by atoms with Gasteiger partial charge in [-0.2, -0.15) is 15.7 Å². The number of thiophene rings is 1. The van der Waals surface area contributed by atoms with E-state index >= 15 is 0 Å². The van der Waals surface area contributed by atoms with Gasteiger partial charge in [0.05, 0.1) is 5.69 Å². The number of H-pyrrole nitrogens is 1. The lowest BCUT2D eigenvalue weighted by atomic mass is 10.2. The van der Waals surface area contributed by atoms with Crippen LogP contribution >= 0.6 is 11.3 Å². The van der Waals surface area contributed by atoms with Crippen LogP contribution in [0.4, 0.5) is 4.39 Å². The highest BCUT2D eigenvalue weighted by atomic mass is 32.1. The largest absolute Gasteiger partial charge is 0.304 e. The van der Waals surface area contributed by atoms with Crippen molar-refractivity contribution in [1.82, 2.24) is 9.97 Å². The molecule has 0 aliphatic rings. The van der Waals surface area contributed by atoms with Crippen molar-refractivity contribution in [2.75, 3.05) is 0 Å². The molecule has 5 heteroatoms. The highest BCUT2D eigenvalue weighted by molar-refractivity contribution is 7.08. The number of aromatic amines is 1. The van der Waals surface area contributed by atoms with Crippen LogP contribution in [0.3, 0.4) is 0 Å². The Balaban J connectivity index is 2.66. The third-order valence-corrected chi connectivity index (χ3v) is 3.00. The molecule has 0 saturated heterocycles. The summed E-state index contributed by atoms with van der Waals surface area (Å²) in [5.74, 6) is -0.385. The van der Waals surface area contributed by atoms with E-state index in [9.17, 15) is 9.18 Å². The molecule has 0 bridgehead atoms. The third-order valence-electron chi connectivity index (χ3n) is 2.14. The van der Waals surface area contributed by atoms with Gasteiger partial charge in [0, 0.05) is 10.9 Å². The van der Waals surface area contributed by atoms with Gasteiger partial charge in [-0.05, 0) is 24.8 Å². The van der Waals surface area contributed by atoms with Crippen LogP contribution in [0.5, 0.6) is 0 Å². The van der Waals surface area contributed by atoms with Gasteiger partial charge in [0.15, 0.2) is 0 Å². The Morgan fingerprint density at radius 3 is 2.67 bits per heavy atom. The van der Waals surface area contributed by atoms with E-state index in [-0.39, 0.29) is 5.69 Å². The van der Waals surface area contributed by atoms with Crippen molar-refractivity contribution in [2.45, 2.75) is 13.8 Å². The standard InChI is InChI=1S/C10H9FN2OS/c1-5-3-15-4-7(5)9-12-6(2)8(11)10(14)13-9/h3-4H,1-2H3,(H,12,13,14). The zero-order chi connectivity index (χ0) is 11.0. The second kappa shape index (κ2) is 3.58. The average Bonchev–Trinajstić information content (AvgIpc) is 2.60. The highest BCUT2D eigenvalue weighted by Crippen LogP contribution is 2.22. The van der Waals surface area contributed by atoms with Gasteiger partial charge < -0.3 is 4.98 Å². The van der Waals surface area contributed by atoms with Crippen LogP contribution in [0.25, 0.3) is 11.4 Å². The van der Waals surface area contributed by atoms with Crippen LogP contribution < -0.4 is 5.56 Å². The molecule has 2 heterocycles. The first-order valence-electron chi connectivity index (χ1n) is 4.39. The molecule has 0 unspecified atom stereocenters. The monoisotopic (exact) mass is 224 g/mol. The maximum absolute atomic E-state index is 13.0. The van der Waals surface area contributed by atoms with E-state index in [1.54, 1.807) is 0 Å². The van der Waals surface area contributed by atoms with E-state index in [2.05, 4.69) is 9.97 Å². The van der Waals surface area contributed by atoms with Gasteiger partial charge in [-0.25, -0.2) is 4.98 Å². The van der Waals surface area contributed by atoms with Crippen molar-refractivity contribution in [1.29, 1.82) is 0 Å².